The number of rotatable bonds is 10. The van der Waals surface area contributed by atoms with Crippen molar-refractivity contribution in [2.75, 3.05) is 6.61 Å². The van der Waals surface area contributed by atoms with E-state index in [4.69, 9.17) is 9.57 Å². The number of benzene rings is 2. The SMILES string of the molecule is CC(ON(C(c1ccccc1)C(C)C)C(C)(C)COC(=O)C(C)(C)Br)c1ccccc1. The molecule has 0 saturated carbocycles. The fourth-order valence-corrected chi connectivity index (χ4v) is 3.57. The van der Waals surface area contributed by atoms with Crippen LogP contribution in [-0.2, 0) is 14.4 Å². The van der Waals surface area contributed by atoms with Gasteiger partial charge in [0.2, 0.25) is 0 Å². The second-order valence-corrected chi connectivity index (χ2v) is 11.4. The molecule has 0 saturated heterocycles. The standard InChI is InChI=1S/C26H36BrNO3/c1-19(2)23(22-16-12-9-13-17-22)28(31-20(3)21-14-10-8-11-15-21)25(4,5)18-30-24(29)26(6,7)27/h8-17,19-20,23H,18H2,1-7H3. The number of alkyl halides is 1. The zero-order chi connectivity index (χ0) is 23.2. The molecular weight excluding hydrogens is 454 g/mol. The fourth-order valence-electron chi connectivity index (χ4n) is 3.46. The van der Waals surface area contributed by atoms with Crippen LogP contribution in [0, 0.1) is 5.92 Å². The highest BCUT2D eigenvalue weighted by Crippen LogP contribution is 2.37. The Balaban J connectivity index is 2.39. The lowest BCUT2D eigenvalue weighted by Gasteiger charge is -2.45. The Morgan fingerprint density at radius 2 is 1.39 bits per heavy atom. The molecule has 0 aliphatic carbocycles. The van der Waals surface area contributed by atoms with Gasteiger partial charge in [0.1, 0.15) is 17.0 Å². The Morgan fingerprint density at radius 1 is 0.903 bits per heavy atom. The van der Waals surface area contributed by atoms with E-state index in [0.717, 1.165) is 11.1 Å². The average molecular weight is 490 g/mol. The van der Waals surface area contributed by atoms with Crippen molar-refractivity contribution < 1.29 is 14.4 Å². The molecule has 0 N–H and O–H groups in total. The van der Waals surface area contributed by atoms with Crippen molar-refractivity contribution in [3.8, 4) is 0 Å². The lowest BCUT2D eigenvalue weighted by atomic mass is 9.92. The van der Waals surface area contributed by atoms with Crippen LogP contribution >= 0.6 is 15.9 Å². The van der Waals surface area contributed by atoms with Crippen LogP contribution in [0.5, 0.6) is 0 Å². The Bertz CT molecular complexity index is 816. The van der Waals surface area contributed by atoms with Crippen molar-refractivity contribution >= 4 is 21.9 Å². The molecule has 2 atom stereocenters. The Hall–Kier alpha value is -1.69. The molecule has 4 nitrogen and oxygen atoms in total. The summed E-state index contributed by atoms with van der Waals surface area (Å²) >= 11 is 3.39. The minimum Gasteiger partial charge on any atom is -0.463 e. The summed E-state index contributed by atoms with van der Waals surface area (Å²) in [6.45, 7) is 14.3. The zero-order valence-electron chi connectivity index (χ0n) is 19.8. The topological polar surface area (TPSA) is 38.8 Å². The largest absolute Gasteiger partial charge is 0.463 e. The normalized spacial score (nSPS) is 14.5. The van der Waals surface area contributed by atoms with E-state index in [1.807, 2.05) is 48.4 Å². The number of nitrogens with zero attached hydrogens (tertiary/aromatic N) is 1. The molecule has 0 heterocycles. The van der Waals surface area contributed by atoms with Gasteiger partial charge in [-0.2, -0.15) is 5.06 Å². The van der Waals surface area contributed by atoms with Gasteiger partial charge in [0.15, 0.2) is 0 Å². The molecule has 31 heavy (non-hydrogen) atoms. The van der Waals surface area contributed by atoms with Crippen LogP contribution in [0.3, 0.4) is 0 Å². The van der Waals surface area contributed by atoms with Crippen molar-refractivity contribution in [1.82, 2.24) is 5.06 Å². The smallest absolute Gasteiger partial charge is 0.322 e. The van der Waals surface area contributed by atoms with E-state index in [2.05, 4.69) is 67.9 Å². The summed E-state index contributed by atoms with van der Waals surface area (Å²) in [5, 5.41) is 2.03. The van der Waals surface area contributed by atoms with Crippen molar-refractivity contribution in [3.05, 3.63) is 71.8 Å². The van der Waals surface area contributed by atoms with Crippen molar-refractivity contribution in [2.24, 2.45) is 5.92 Å². The summed E-state index contributed by atoms with van der Waals surface area (Å²) in [6, 6.07) is 20.5. The van der Waals surface area contributed by atoms with E-state index < -0.39 is 9.86 Å². The lowest BCUT2D eigenvalue weighted by Crippen LogP contribution is -2.51. The van der Waals surface area contributed by atoms with Gasteiger partial charge in [-0.3, -0.25) is 9.63 Å². The monoisotopic (exact) mass is 489 g/mol. The quantitative estimate of drug-likeness (QED) is 0.207. The molecule has 0 aliphatic heterocycles. The predicted molar refractivity (Wildman–Crippen MR) is 130 cm³/mol. The van der Waals surface area contributed by atoms with Crippen LogP contribution < -0.4 is 0 Å². The molecule has 2 unspecified atom stereocenters. The third-order valence-electron chi connectivity index (χ3n) is 5.20. The van der Waals surface area contributed by atoms with Crippen LogP contribution in [-0.4, -0.2) is 27.5 Å². The Kier molecular flexibility index (Phi) is 8.87. The van der Waals surface area contributed by atoms with Crippen LogP contribution in [0.2, 0.25) is 0 Å². The Labute approximate surface area is 196 Å². The summed E-state index contributed by atoms with van der Waals surface area (Å²) in [5.74, 6) is -0.0228. The number of carbonyl (C=O) groups is 1. The summed E-state index contributed by atoms with van der Waals surface area (Å²) in [7, 11) is 0. The molecule has 0 amide bonds. The van der Waals surface area contributed by atoms with Crippen molar-refractivity contribution in [2.45, 2.75) is 70.5 Å². The maximum absolute atomic E-state index is 12.4. The average Bonchev–Trinajstić information content (AvgIpc) is 2.72. The van der Waals surface area contributed by atoms with Crippen LogP contribution in [0.15, 0.2) is 60.7 Å². The van der Waals surface area contributed by atoms with Gasteiger partial charge < -0.3 is 4.74 Å². The van der Waals surface area contributed by atoms with E-state index in [0.29, 0.717) is 0 Å². The molecule has 2 rings (SSSR count). The minimum atomic E-state index is -0.733. The van der Waals surface area contributed by atoms with Gasteiger partial charge in [-0.1, -0.05) is 90.4 Å². The number of ether oxygens (including phenoxy) is 1. The second-order valence-electron chi connectivity index (χ2n) is 9.44. The summed E-state index contributed by atoms with van der Waals surface area (Å²) in [4.78, 5) is 19.1. The summed E-state index contributed by atoms with van der Waals surface area (Å²) < 4.78 is 4.96. The maximum atomic E-state index is 12.4. The molecule has 170 valence electrons. The molecule has 2 aromatic rings. The van der Waals surface area contributed by atoms with Gasteiger partial charge in [0, 0.05) is 0 Å². The van der Waals surface area contributed by atoms with Gasteiger partial charge in [-0.15, -0.1) is 0 Å². The summed E-state index contributed by atoms with van der Waals surface area (Å²) in [6.07, 6.45) is -0.159. The lowest BCUT2D eigenvalue weighted by molar-refractivity contribution is -0.283. The zero-order valence-corrected chi connectivity index (χ0v) is 21.3. The molecule has 2 aromatic carbocycles. The number of carbonyl (C=O) groups excluding carboxylic acids is 1. The number of hydrogen-bond donors (Lipinski definition) is 0. The van der Waals surface area contributed by atoms with Gasteiger partial charge in [0.05, 0.1) is 11.6 Å². The van der Waals surface area contributed by atoms with Gasteiger partial charge >= 0.3 is 5.97 Å². The van der Waals surface area contributed by atoms with Gasteiger partial charge in [0.25, 0.3) is 0 Å². The number of esters is 1. The predicted octanol–water partition coefficient (Wildman–Crippen LogP) is 6.87. The first-order valence-electron chi connectivity index (χ1n) is 10.9. The fraction of sp³-hybridized carbons (Fsp3) is 0.500. The number of hydroxylamine groups is 2. The molecule has 0 aromatic heterocycles. The van der Waals surface area contributed by atoms with Crippen LogP contribution in [0.25, 0.3) is 0 Å². The van der Waals surface area contributed by atoms with Crippen molar-refractivity contribution in [3.63, 3.8) is 0 Å². The molecule has 0 spiro atoms. The highest BCUT2D eigenvalue weighted by Gasteiger charge is 2.39. The molecule has 5 heteroatoms. The first kappa shape index (κ1) is 25.6. The first-order chi connectivity index (χ1) is 14.4. The molecule has 0 aliphatic rings. The van der Waals surface area contributed by atoms with E-state index in [1.165, 1.54) is 0 Å². The minimum absolute atomic E-state index is 0.0157. The van der Waals surface area contributed by atoms with E-state index in [9.17, 15) is 4.79 Å². The van der Waals surface area contributed by atoms with E-state index in [-0.39, 0.29) is 30.6 Å². The van der Waals surface area contributed by atoms with E-state index in [1.54, 1.807) is 13.8 Å². The molecule has 0 bridgehead atoms. The van der Waals surface area contributed by atoms with E-state index >= 15 is 0 Å². The third-order valence-corrected chi connectivity index (χ3v) is 5.53. The third kappa shape index (κ3) is 7.16. The molecular formula is C26H36BrNO3. The number of hydrogen-bond acceptors (Lipinski definition) is 4. The second kappa shape index (κ2) is 10.8. The summed E-state index contributed by atoms with van der Waals surface area (Å²) in [5.41, 5.74) is 1.69. The number of halogens is 1. The molecule has 0 radical (unpaired) electrons. The van der Waals surface area contributed by atoms with Crippen LogP contribution in [0.1, 0.15) is 71.7 Å². The molecule has 0 fully saturated rings. The maximum Gasteiger partial charge on any atom is 0.322 e. The van der Waals surface area contributed by atoms with Crippen LogP contribution in [0.4, 0.5) is 0 Å². The van der Waals surface area contributed by atoms with Gasteiger partial charge in [-0.05, 0) is 51.7 Å². The van der Waals surface area contributed by atoms with Crippen molar-refractivity contribution in [1.29, 1.82) is 0 Å². The highest BCUT2D eigenvalue weighted by atomic mass is 79.9. The Morgan fingerprint density at radius 3 is 1.84 bits per heavy atom. The first-order valence-corrected chi connectivity index (χ1v) is 11.6. The van der Waals surface area contributed by atoms with Gasteiger partial charge in [-0.25, -0.2) is 0 Å². The highest BCUT2D eigenvalue weighted by molar-refractivity contribution is 9.10.